The van der Waals surface area contributed by atoms with Crippen molar-refractivity contribution in [2.24, 2.45) is 0 Å². The van der Waals surface area contributed by atoms with E-state index in [0.717, 1.165) is 19.3 Å². The van der Waals surface area contributed by atoms with Crippen molar-refractivity contribution in [3.05, 3.63) is 83.9 Å². The van der Waals surface area contributed by atoms with Crippen LogP contribution in [0.1, 0.15) is 56.6 Å². The zero-order valence-electron chi connectivity index (χ0n) is 20.2. The van der Waals surface area contributed by atoms with Gasteiger partial charge in [0.2, 0.25) is 11.8 Å². The van der Waals surface area contributed by atoms with Crippen LogP contribution in [0.25, 0.3) is 10.8 Å². The van der Waals surface area contributed by atoms with Crippen LogP contribution in [0.5, 0.6) is 0 Å². The molecule has 0 bridgehead atoms. The average Bonchev–Trinajstić information content (AvgIpc) is 2.88. The Bertz CT molecular complexity index is 1080. The average molecular weight is 457 g/mol. The van der Waals surface area contributed by atoms with Gasteiger partial charge in [0.25, 0.3) is 0 Å². The monoisotopic (exact) mass is 456 g/mol. The van der Waals surface area contributed by atoms with Gasteiger partial charge in [-0.3, -0.25) is 9.59 Å². The van der Waals surface area contributed by atoms with Crippen molar-refractivity contribution in [2.75, 3.05) is 6.54 Å². The summed E-state index contributed by atoms with van der Waals surface area (Å²) in [5, 5.41) is 5.60. The fourth-order valence-electron chi connectivity index (χ4n) is 5.03. The van der Waals surface area contributed by atoms with Gasteiger partial charge in [0.1, 0.15) is 6.04 Å². The van der Waals surface area contributed by atoms with E-state index in [1.54, 1.807) is 4.90 Å². The first kappa shape index (κ1) is 24.0. The van der Waals surface area contributed by atoms with Crippen LogP contribution in [-0.2, 0) is 22.4 Å². The Morgan fingerprint density at radius 3 is 2.38 bits per heavy atom. The summed E-state index contributed by atoms with van der Waals surface area (Å²) >= 11 is 0. The summed E-state index contributed by atoms with van der Waals surface area (Å²) in [4.78, 5) is 28.4. The van der Waals surface area contributed by atoms with Gasteiger partial charge in [-0.15, -0.1) is 0 Å². The molecule has 34 heavy (non-hydrogen) atoms. The lowest BCUT2D eigenvalue weighted by Crippen LogP contribution is -2.51. The van der Waals surface area contributed by atoms with Gasteiger partial charge in [-0.05, 0) is 54.5 Å². The first-order chi connectivity index (χ1) is 16.6. The van der Waals surface area contributed by atoms with Crippen molar-refractivity contribution in [3.8, 4) is 0 Å². The summed E-state index contributed by atoms with van der Waals surface area (Å²) in [6.07, 6.45) is 7.46. The molecule has 2 amide bonds. The number of carbonyl (C=O) groups excluding carboxylic acids is 2. The van der Waals surface area contributed by atoms with E-state index < -0.39 is 6.04 Å². The minimum Gasteiger partial charge on any atom is -0.352 e. The van der Waals surface area contributed by atoms with Crippen LogP contribution in [0.2, 0.25) is 0 Å². The second kappa shape index (κ2) is 11.8. The second-order valence-corrected chi connectivity index (χ2v) is 9.48. The molecule has 1 aliphatic carbocycles. The maximum absolute atomic E-state index is 13.5. The van der Waals surface area contributed by atoms with Crippen LogP contribution in [0, 0.1) is 0 Å². The van der Waals surface area contributed by atoms with Gasteiger partial charge in [-0.1, -0.05) is 92.1 Å². The quantitative estimate of drug-likeness (QED) is 0.450. The number of nitrogens with zero attached hydrogens (tertiary/aromatic N) is 1. The lowest BCUT2D eigenvalue weighted by molar-refractivity contribution is -0.140. The Morgan fingerprint density at radius 1 is 0.882 bits per heavy atom. The molecule has 4 heteroatoms. The third kappa shape index (κ3) is 6.25. The predicted octanol–water partition coefficient (Wildman–Crippen LogP) is 5.68. The van der Waals surface area contributed by atoms with Crippen LogP contribution < -0.4 is 5.32 Å². The third-order valence-electron chi connectivity index (χ3n) is 7.09. The molecule has 3 aromatic carbocycles. The highest BCUT2D eigenvalue weighted by Gasteiger charge is 2.27. The number of carbonyl (C=O) groups is 2. The molecule has 0 spiro atoms. The molecule has 0 radical (unpaired) electrons. The molecule has 178 valence electrons. The fraction of sp³-hybridized carbons (Fsp3) is 0.400. The van der Waals surface area contributed by atoms with Gasteiger partial charge in [0.15, 0.2) is 0 Å². The molecule has 1 aliphatic rings. The van der Waals surface area contributed by atoms with E-state index in [1.807, 2.05) is 37.3 Å². The van der Waals surface area contributed by atoms with E-state index >= 15 is 0 Å². The van der Waals surface area contributed by atoms with Crippen LogP contribution in [0.15, 0.2) is 72.8 Å². The maximum Gasteiger partial charge on any atom is 0.242 e. The Kier molecular flexibility index (Phi) is 8.35. The van der Waals surface area contributed by atoms with Crippen LogP contribution in [0.4, 0.5) is 0 Å². The Hall–Kier alpha value is -3.14. The first-order valence-electron chi connectivity index (χ1n) is 12.7. The minimum absolute atomic E-state index is 0.0292. The highest BCUT2D eigenvalue weighted by molar-refractivity contribution is 5.89. The molecule has 3 aromatic rings. The topological polar surface area (TPSA) is 49.4 Å². The smallest absolute Gasteiger partial charge is 0.242 e. The largest absolute Gasteiger partial charge is 0.352 e. The van der Waals surface area contributed by atoms with Crippen molar-refractivity contribution in [1.82, 2.24) is 10.2 Å². The molecule has 1 N–H and O–H groups in total. The molecule has 0 heterocycles. The molecular formula is C30H36N2O2. The Labute approximate surface area is 203 Å². The maximum atomic E-state index is 13.5. The van der Waals surface area contributed by atoms with Crippen molar-refractivity contribution < 1.29 is 9.59 Å². The normalized spacial score (nSPS) is 15.1. The van der Waals surface area contributed by atoms with Gasteiger partial charge < -0.3 is 10.2 Å². The standard InChI is InChI=1S/C30H36N2O2/c1-23(30(34)31-27-16-6-3-7-17-27)32(22-21-24-11-4-2-5-12-24)29(33)20-19-26-15-10-14-25-13-8-9-18-28(25)26/h2,4-5,8-15,18,23,27H,3,6-7,16-17,19-22H2,1H3,(H,31,34). The lowest BCUT2D eigenvalue weighted by atomic mass is 9.95. The molecular weight excluding hydrogens is 420 g/mol. The van der Waals surface area contributed by atoms with Gasteiger partial charge >= 0.3 is 0 Å². The minimum atomic E-state index is -0.481. The fourth-order valence-corrected chi connectivity index (χ4v) is 5.03. The highest BCUT2D eigenvalue weighted by Crippen LogP contribution is 2.21. The molecule has 4 rings (SSSR count). The van der Waals surface area contributed by atoms with Crippen molar-refractivity contribution in [2.45, 2.75) is 70.4 Å². The number of amides is 2. The molecule has 1 fully saturated rings. The number of aryl methyl sites for hydroxylation is 1. The molecule has 1 atom stereocenters. The van der Waals surface area contributed by atoms with E-state index in [-0.39, 0.29) is 17.9 Å². The predicted molar refractivity (Wildman–Crippen MR) is 139 cm³/mol. The van der Waals surface area contributed by atoms with E-state index in [4.69, 9.17) is 0 Å². The second-order valence-electron chi connectivity index (χ2n) is 9.48. The summed E-state index contributed by atoms with van der Waals surface area (Å²) in [5.74, 6) is 0.00799. The zero-order valence-corrected chi connectivity index (χ0v) is 20.2. The molecule has 0 aliphatic heterocycles. The van der Waals surface area contributed by atoms with E-state index in [2.05, 4.69) is 47.8 Å². The summed E-state index contributed by atoms with van der Waals surface area (Å²) < 4.78 is 0. The number of fused-ring (bicyclic) bond motifs is 1. The molecule has 0 saturated heterocycles. The third-order valence-corrected chi connectivity index (χ3v) is 7.09. The summed E-state index contributed by atoms with van der Waals surface area (Å²) in [6, 6.07) is 24.5. The van der Waals surface area contributed by atoms with E-state index in [1.165, 1.54) is 41.2 Å². The Morgan fingerprint density at radius 2 is 1.59 bits per heavy atom. The molecule has 1 saturated carbocycles. The highest BCUT2D eigenvalue weighted by atomic mass is 16.2. The number of benzene rings is 3. The van der Waals surface area contributed by atoms with Crippen molar-refractivity contribution in [1.29, 1.82) is 0 Å². The SMILES string of the molecule is CC(C(=O)NC1CCCCC1)N(CCc1ccccc1)C(=O)CCc1cccc2ccccc12. The zero-order chi connectivity index (χ0) is 23.8. The van der Waals surface area contributed by atoms with Crippen LogP contribution in [-0.4, -0.2) is 35.3 Å². The van der Waals surface area contributed by atoms with Crippen molar-refractivity contribution >= 4 is 22.6 Å². The van der Waals surface area contributed by atoms with E-state index in [0.29, 0.717) is 19.4 Å². The van der Waals surface area contributed by atoms with Crippen LogP contribution >= 0.6 is 0 Å². The van der Waals surface area contributed by atoms with Crippen LogP contribution in [0.3, 0.4) is 0 Å². The van der Waals surface area contributed by atoms with Gasteiger partial charge in [0, 0.05) is 19.0 Å². The summed E-state index contributed by atoms with van der Waals surface area (Å²) in [7, 11) is 0. The van der Waals surface area contributed by atoms with Crippen molar-refractivity contribution in [3.63, 3.8) is 0 Å². The Balaban J connectivity index is 1.45. The first-order valence-corrected chi connectivity index (χ1v) is 12.7. The summed E-state index contributed by atoms with van der Waals surface area (Å²) in [5.41, 5.74) is 2.35. The lowest BCUT2D eigenvalue weighted by Gasteiger charge is -2.31. The van der Waals surface area contributed by atoms with Gasteiger partial charge in [-0.2, -0.15) is 0 Å². The molecule has 4 nitrogen and oxygen atoms in total. The molecule has 1 unspecified atom stereocenters. The molecule has 0 aromatic heterocycles. The summed E-state index contributed by atoms with van der Waals surface area (Å²) in [6.45, 7) is 2.41. The number of hydrogen-bond donors (Lipinski definition) is 1. The van der Waals surface area contributed by atoms with Gasteiger partial charge in [0.05, 0.1) is 0 Å². The number of nitrogens with one attached hydrogen (secondary N) is 1. The number of rotatable bonds is 9. The van der Waals surface area contributed by atoms with Gasteiger partial charge in [-0.25, -0.2) is 0 Å². The number of hydrogen-bond acceptors (Lipinski definition) is 2. The van der Waals surface area contributed by atoms with E-state index in [9.17, 15) is 9.59 Å².